The summed E-state index contributed by atoms with van der Waals surface area (Å²) in [6, 6.07) is 9.30. The van der Waals surface area contributed by atoms with Gasteiger partial charge in [-0.15, -0.1) is 0 Å². The predicted molar refractivity (Wildman–Crippen MR) is 88.5 cm³/mol. The van der Waals surface area contributed by atoms with Crippen molar-refractivity contribution in [3.8, 4) is 0 Å². The smallest absolute Gasteiger partial charge is 0.0894 e. The molecule has 3 nitrogen and oxygen atoms in total. The Kier molecular flexibility index (Phi) is 5.42. The Hall–Kier alpha value is -0.900. The van der Waals surface area contributed by atoms with Crippen molar-refractivity contribution in [1.29, 1.82) is 0 Å². The maximum Gasteiger partial charge on any atom is 0.0894 e. The molecule has 2 unspecified atom stereocenters. The van der Waals surface area contributed by atoms with E-state index in [2.05, 4.69) is 56.9 Å². The first-order valence-electron chi connectivity index (χ1n) is 8.13. The van der Waals surface area contributed by atoms with Crippen LogP contribution in [0.25, 0.3) is 0 Å². The molecule has 1 aromatic carbocycles. The number of hydrogen-bond acceptors (Lipinski definition) is 3. The fourth-order valence-corrected chi connectivity index (χ4v) is 3.13. The molecule has 0 spiro atoms. The van der Waals surface area contributed by atoms with Gasteiger partial charge >= 0.3 is 0 Å². The second-order valence-electron chi connectivity index (χ2n) is 7.00. The van der Waals surface area contributed by atoms with Gasteiger partial charge in [-0.1, -0.05) is 52.0 Å². The summed E-state index contributed by atoms with van der Waals surface area (Å²) in [4.78, 5) is 2.52. The molecular formula is C18H30N2O. The van der Waals surface area contributed by atoms with Crippen LogP contribution in [0.15, 0.2) is 24.3 Å². The highest BCUT2D eigenvalue weighted by atomic mass is 16.5. The fraction of sp³-hybridized carbons (Fsp3) is 0.667. The van der Waals surface area contributed by atoms with Gasteiger partial charge in [-0.2, -0.15) is 0 Å². The number of nitrogens with two attached hydrogens (primary N) is 1. The van der Waals surface area contributed by atoms with E-state index < -0.39 is 0 Å². The van der Waals surface area contributed by atoms with Crippen LogP contribution in [0.3, 0.4) is 0 Å². The zero-order valence-corrected chi connectivity index (χ0v) is 13.9. The summed E-state index contributed by atoms with van der Waals surface area (Å²) in [5, 5.41) is 0. The van der Waals surface area contributed by atoms with E-state index in [0.717, 1.165) is 26.1 Å². The maximum atomic E-state index is 5.94. The standard InChI is InChI=1S/C18H30N2O/c1-5-10-20-11-12-21-16(13-19)17(20)14-6-8-15(9-7-14)18(2,3)4/h6-9,16-17H,5,10-13,19H2,1-4H3. The van der Waals surface area contributed by atoms with Crippen molar-refractivity contribution < 1.29 is 4.74 Å². The molecule has 1 saturated heterocycles. The van der Waals surface area contributed by atoms with Crippen LogP contribution in [0.1, 0.15) is 51.3 Å². The van der Waals surface area contributed by atoms with Gasteiger partial charge in [0.2, 0.25) is 0 Å². The highest BCUT2D eigenvalue weighted by Crippen LogP contribution is 2.31. The first-order valence-corrected chi connectivity index (χ1v) is 8.13. The highest BCUT2D eigenvalue weighted by Gasteiger charge is 2.32. The van der Waals surface area contributed by atoms with E-state index in [0.29, 0.717) is 6.54 Å². The van der Waals surface area contributed by atoms with E-state index in [1.807, 2.05) is 0 Å². The van der Waals surface area contributed by atoms with Crippen LogP contribution >= 0.6 is 0 Å². The third kappa shape index (κ3) is 3.85. The Labute approximate surface area is 129 Å². The lowest BCUT2D eigenvalue weighted by atomic mass is 9.85. The molecule has 0 aliphatic carbocycles. The normalized spacial score (nSPS) is 24.2. The summed E-state index contributed by atoms with van der Waals surface area (Å²) in [6.07, 6.45) is 1.26. The molecule has 1 heterocycles. The Morgan fingerprint density at radius 1 is 1.24 bits per heavy atom. The minimum absolute atomic E-state index is 0.103. The van der Waals surface area contributed by atoms with E-state index in [1.165, 1.54) is 11.1 Å². The number of hydrogen-bond donors (Lipinski definition) is 1. The predicted octanol–water partition coefficient (Wildman–Crippen LogP) is 3.09. The number of benzene rings is 1. The highest BCUT2D eigenvalue weighted by molar-refractivity contribution is 5.30. The summed E-state index contributed by atoms with van der Waals surface area (Å²) >= 11 is 0. The molecule has 1 aromatic rings. The van der Waals surface area contributed by atoms with Gasteiger partial charge in [0.05, 0.1) is 18.8 Å². The van der Waals surface area contributed by atoms with Crippen molar-refractivity contribution in [2.24, 2.45) is 5.73 Å². The van der Waals surface area contributed by atoms with Crippen molar-refractivity contribution in [2.75, 3.05) is 26.2 Å². The Morgan fingerprint density at radius 2 is 1.90 bits per heavy atom. The van der Waals surface area contributed by atoms with E-state index in [-0.39, 0.29) is 17.6 Å². The van der Waals surface area contributed by atoms with Crippen molar-refractivity contribution >= 4 is 0 Å². The lowest BCUT2D eigenvalue weighted by Gasteiger charge is -2.41. The Balaban J connectivity index is 2.26. The van der Waals surface area contributed by atoms with Crippen LogP contribution < -0.4 is 5.73 Å². The third-order valence-corrected chi connectivity index (χ3v) is 4.32. The first-order chi connectivity index (χ1) is 9.97. The van der Waals surface area contributed by atoms with Gasteiger partial charge in [-0.3, -0.25) is 4.90 Å². The summed E-state index contributed by atoms with van der Waals surface area (Å²) < 4.78 is 5.90. The molecule has 1 aliphatic heterocycles. The monoisotopic (exact) mass is 290 g/mol. The molecule has 0 amide bonds. The lowest BCUT2D eigenvalue weighted by molar-refractivity contribution is -0.0676. The molecule has 3 heteroatoms. The quantitative estimate of drug-likeness (QED) is 0.926. The Morgan fingerprint density at radius 3 is 2.43 bits per heavy atom. The number of nitrogens with zero attached hydrogens (tertiary/aromatic N) is 1. The van der Waals surface area contributed by atoms with Crippen molar-refractivity contribution in [1.82, 2.24) is 4.90 Å². The zero-order valence-electron chi connectivity index (χ0n) is 13.9. The van der Waals surface area contributed by atoms with Gasteiger partial charge in [-0.05, 0) is 29.5 Å². The molecule has 0 aromatic heterocycles. The topological polar surface area (TPSA) is 38.5 Å². The van der Waals surface area contributed by atoms with Crippen molar-refractivity contribution in [3.05, 3.63) is 35.4 Å². The molecule has 1 fully saturated rings. The van der Waals surface area contributed by atoms with E-state index in [9.17, 15) is 0 Å². The van der Waals surface area contributed by atoms with Crippen molar-refractivity contribution in [3.63, 3.8) is 0 Å². The number of ether oxygens (including phenoxy) is 1. The molecule has 2 atom stereocenters. The average Bonchev–Trinajstić information content (AvgIpc) is 2.46. The minimum atomic E-state index is 0.103. The SMILES string of the molecule is CCCN1CCOC(CN)C1c1ccc(C(C)(C)C)cc1. The summed E-state index contributed by atoms with van der Waals surface area (Å²) in [5.41, 5.74) is 8.82. The van der Waals surface area contributed by atoms with Gasteiger partial charge in [-0.25, -0.2) is 0 Å². The number of rotatable bonds is 4. The van der Waals surface area contributed by atoms with E-state index in [1.54, 1.807) is 0 Å². The van der Waals surface area contributed by atoms with Crippen LogP contribution in [0.4, 0.5) is 0 Å². The summed E-state index contributed by atoms with van der Waals surface area (Å²) in [6.45, 7) is 12.4. The average molecular weight is 290 g/mol. The summed E-state index contributed by atoms with van der Waals surface area (Å²) in [7, 11) is 0. The molecule has 0 radical (unpaired) electrons. The van der Waals surface area contributed by atoms with Crippen LogP contribution in [0.2, 0.25) is 0 Å². The molecule has 2 N–H and O–H groups in total. The van der Waals surface area contributed by atoms with Crippen LogP contribution in [-0.4, -0.2) is 37.2 Å². The molecule has 0 bridgehead atoms. The molecule has 2 rings (SSSR count). The van der Waals surface area contributed by atoms with E-state index >= 15 is 0 Å². The number of morpholine rings is 1. The fourth-order valence-electron chi connectivity index (χ4n) is 3.13. The minimum Gasteiger partial charge on any atom is -0.374 e. The largest absolute Gasteiger partial charge is 0.374 e. The van der Waals surface area contributed by atoms with Gasteiger partial charge in [0.1, 0.15) is 0 Å². The zero-order chi connectivity index (χ0) is 15.5. The van der Waals surface area contributed by atoms with E-state index in [4.69, 9.17) is 10.5 Å². The van der Waals surface area contributed by atoms with Gasteiger partial charge in [0.25, 0.3) is 0 Å². The summed E-state index contributed by atoms with van der Waals surface area (Å²) in [5.74, 6) is 0. The molecule has 0 saturated carbocycles. The van der Waals surface area contributed by atoms with Gasteiger partial charge < -0.3 is 10.5 Å². The van der Waals surface area contributed by atoms with Crippen LogP contribution in [-0.2, 0) is 10.2 Å². The molecular weight excluding hydrogens is 260 g/mol. The second-order valence-corrected chi connectivity index (χ2v) is 7.00. The molecule has 21 heavy (non-hydrogen) atoms. The Bertz CT molecular complexity index is 434. The lowest BCUT2D eigenvalue weighted by Crippen LogP contribution is -2.48. The molecule has 118 valence electrons. The van der Waals surface area contributed by atoms with Gasteiger partial charge in [0, 0.05) is 13.1 Å². The van der Waals surface area contributed by atoms with Crippen molar-refractivity contribution in [2.45, 2.75) is 51.7 Å². The van der Waals surface area contributed by atoms with Crippen LogP contribution in [0, 0.1) is 0 Å². The third-order valence-electron chi connectivity index (χ3n) is 4.32. The first kappa shape index (κ1) is 16.5. The second kappa shape index (κ2) is 6.91. The van der Waals surface area contributed by atoms with Crippen LogP contribution in [0.5, 0.6) is 0 Å². The molecule has 1 aliphatic rings. The van der Waals surface area contributed by atoms with Gasteiger partial charge in [0.15, 0.2) is 0 Å². The maximum absolute atomic E-state index is 5.94.